The first-order valence-electron chi connectivity index (χ1n) is 7.76. The standard InChI is InChI=1S/C16H21F3N2O2/c1-14-4-6-15(23-14,7-5-14)8-9-22-21-11-2-3-13(20)12(10-11)16(17,18)19/h2-3,10,21H,4-9,20H2,1H3. The van der Waals surface area contributed by atoms with E-state index < -0.39 is 11.7 Å². The first kappa shape index (κ1) is 16.4. The number of nitrogens with two attached hydrogens (primary N) is 1. The van der Waals surface area contributed by atoms with E-state index in [1.54, 1.807) is 0 Å². The van der Waals surface area contributed by atoms with Gasteiger partial charge in [-0.05, 0) is 50.8 Å². The Morgan fingerprint density at radius 2 is 1.96 bits per heavy atom. The number of alkyl halides is 3. The van der Waals surface area contributed by atoms with Gasteiger partial charge in [-0.1, -0.05) is 0 Å². The summed E-state index contributed by atoms with van der Waals surface area (Å²) in [6, 6.07) is 3.63. The smallest absolute Gasteiger partial charge is 0.398 e. The lowest BCUT2D eigenvalue weighted by atomic mass is 9.81. The van der Waals surface area contributed by atoms with E-state index in [1.807, 2.05) is 0 Å². The summed E-state index contributed by atoms with van der Waals surface area (Å²) in [6.07, 6.45) is 0.421. The molecule has 0 spiro atoms. The molecule has 7 heteroatoms. The van der Waals surface area contributed by atoms with Crippen LogP contribution >= 0.6 is 0 Å². The van der Waals surface area contributed by atoms with Crippen molar-refractivity contribution in [1.82, 2.24) is 0 Å². The topological polar surface area (TPSA) is 56.5 Å². The predicted molar refractivity (Wildman–Crippen MR) is 80.7 cm³/mol. The van der Waals surface area contributed by atoms with Gasteiger partial charge >= 0.3 is 6.18 Å². The molecule has 2 aliphatic heterocycles. The first-order valence-corrected chi connectivity index (χ1v) is 7.76. The highest BCUT2D eigenvalue weighted by atomic mass is 19.4. The molecule has 4 nitrogen and oxygen atoms in total. The molecular weight excluding hydrogens is 309 g/mol. The minimum atomic E-state index is -4.48. The highest BCUT2D eigenvalue weighted by molar-refractivity contribution is 5.57. The summed E-state index contributed by atoms with van der Waals surface area (Å²) in [5.41, 5.74) is 6.88. The fraction of sp³-hybridized carbons (Fsp3) is 0.625. The zero-order chi connectivity index (χ0) is 16.7. The molecule has 0 aliphatic carbocycles. The van der Waals surface area contributed by atoms with Crippen molar-refractivity contribution in [2.75, 3.05) is 17.8 Å². The van der Waals surface area contributed by atoms with Gasteiger partial charge in [-0.3, -0.25) is 10.3 Å². The van der Waals surface area contributed by atoms with Crippen LogP contribution in [0.5, 0.6) is 0 Å². The number of rotatable bonds is 5. The van der Waals surface area contributed by atoms with E-state index in [0.717, 1.165) is 38.2 Å². The number of nitrogens with one attached hydrogen (secondary N) is 1. The van der Waals surface area contributed by atoms with Crippen LogP contribution in [-0.4, -0.2) is 17.8 Å². The molecule has 0 unspecified atom stereocenters. The number of fused-ring (bicyclic) bond motifs is 2. The number of hydrogen-bond acceptors (Lipinski definition) is 4. The summed E-state index contributed by atoms with van der Waals surface area (Å²) >= 11 is 0. The second-order valence-corrected chi connectivity index (χ2v) is 6.74. The number of anilines is 2. The molecule has 2 bridgehead atoms. The Bertz CT molecular complexity index is 581. The van der Waals surface area contributed by atoms with E-state index in [2.05, 4.69) is 12.4 Å². The molecule has 1 aromatic rings. The number of ether oxygens (including phenoxy) is 1. The number of halogens is 3. The third-order valence-electron chi connectivity index (χ3n) is 4.89. The molecule has 2 saturated heterocycles. The van der Waals surface area contributed by atoms with Gasteiger partial charge in [0.05, 0.1) is 29.1 Å². The Balaban J connectivity index is 1.52. The normalized spacial score (nSPS) is 29.9. The van der Waals surface area contributed by atoms with Gasteiger partial charge in [0.1, 0.15) is 0 Å². The molecule has 0 atom stereocenters. The molecule has 2 heterocycles. The first-order chi connectivity index (χ1) is 10.7. The van der Waals surface area contributed by atoms with Crippen molar-refractivity contribution in [2.45, 2.75) is 56.4 Å². The third kappa shape index (κ3) is 3.40. The highest BCUT2D eigenvalue weighted by Gasteiger charge is 2.52. The average Bonchev–Trinajstić information content (AvgIpc) is 2.98. The third-order valence-corrected chi connectivity index (χ3v) is 4.89. The molecule has 0 saturated carbocycles. The maximum absolute atomic E-state index is 12.8. The maximum Gasteiger partial charge on any atom is 0.418 e. The van der Waals surface area contributed by atoms with Gasteiger partial charge in [-0.25, -0.2) is 0 Å². The molecule has 2 fully saturated rings. The average molecular weight is 330 g/mol. The van der Waals surface area contributed by atoms with E-state index in [1.165, 1.54) is 12.1 Å². The summed E-state index contributed by atoms with van der Waals surface area (Å²) < 4.78 is 44.5. The summed E-state index contributed by atoms with van der Waals surface area (Å²) in [5.74, 6) is 0. The van der Waals surface area contributed by atoms with E-state index in [-0.39, 0.29) is 22.6 Å². The van der Waals surface area contributed by atoms with Gasteiger partial charge in [0, 0.05) is 12.1 Å². The summed E-state index contributed by atoms with van der Waals surface area (Å²) in [6.45, 7) is 2.51. The zero-order valence-corrected chi connectivity index (χ0v) is 13.0. The second-order valence-electron chi connectivity index (χ2n) is 6.74. The van der Waals surface area contributed by atoms with E-state index in [4.69, 9.17) is 15.3 Å². The van der Waals surface area contributed by atoms with Crippen LogP contribution in [-0.2, 0) is 15.8 Å². The molecule has 3 N–H and O–H groups in total. The van der Waals surface area contributed by atoms with Crippen molar-refractivity contribution in [3.63, 3.8) is 0 Å². The number of benzene rings is 1. The van der Waals surface area contributed by atoms with Gasteiger partial charge in [0.2, 0.25) is 0 Å². The maximum atomic E-state index is 12.8. The summed E-state index contributed by atoms with van der Waals surface area (Å²) in [5, 5.41) is 0. The molecule has 128 valence electrons. The molecule has 2 aliphatic rings. The largest absolute Gasteiger partial charge is 0.418 e. The molecule has 3 rings (SSSR count). The van der Waals surface area contributed by atoms with Crippen molar-refractivity contribution in [2.24, 2.45) is 0 Å². The number of hydrogen-bond donors (Lipinski definition) is 2. The molecule has 0 aromatic heterocycles. The molecular formula is C16H21F3N2O2. The Kier molecular flexibility index (Phi) is 3.96. The van der Waals surface area contributed by atoms with Crippen LogP contribution in [0, 0.1) is 0 Å². The minimum Gasteiger partial charge on any atom is -0.398 e. The minimum absolute atomic E-state index is 0.00595. The molecule has 23 heavy (non-hydrogen) atoms. The van der Waals surface area contributed by atoms with Crippen molar-refractivity contribution in [3.05, 3.63) is 23.8 Å². The van der Waals surface area contributed by atoms with Crippen LogP contribution in [0.4, 0.5) is 24.5 Å². The van der Waals surface area contributed by atoms with E-state index >= 15 is 0 Å². The van der Waals surface area contributed by atoms with Gasteiger partial charge in [-0.15, -0.1) is 0 Å². The van der Waals surface area contributed by atoms with Crippen molar-refractivity contribution < 1.29 is 22.7 Å². The zero-order valence-electron chi connectivity index (χ0n) is 13.0. The predicted octanol–water partition coefficient (Wildman–Crippen LogP) is 4.12. The lowest BCUT2D eigenvalue weighted by molar-refractivity contribution is -0.136. The monoisotopic (exact) mass is 330 g/mol. The Labute approximate surface area is 133 Å². The van der Waals surface area contributed by atoms with Crippen LogP contribution in [0.15, 0.2) is 18.2 Å². The molecule has 0 amide bonds. The SMILES string of the molecule is CC12CCC(CCONc3ccc(N)c(C(F)(F)F)c3)(CC1)O2. The van der Waals surface area contributed by atoms with Gasteiger partial charge in [0.15, 0.2) is 0 Å². The lowest BCUT2D eigenvalue weighted by Gasteiger charge is -2.24. The van der Waals surface area contributed by atoms with E-state index in [0.29, 0.717) is 6.61 Å². The van der Waals surface area contributed by atoms with Crippen molar-refractivity contribution in [3.8, 4) is 0 Å². The van der Waals surface area contributed by atoms with E-state index in [9.17, 15) is 13.2 Å². The second kappa shape index (κ2) is 5.56. The molecule has 1 aromatic carbocycles. The Morgan fingerprint density at radius 3 is 2.52 bits per heavy atom. The Morgan fingerprint density at radius 1 is 1.26 bits per heavy atom. The summed E-state index contributed by atoms with van der Waals surface area (Å²) in [7, 11) is 0. The van der Waals surface area contributed by atoms with Crippen molar-refractivity contribution in [1.29, 1.82) is 0 Å². The van der Waals surface area contributed by atoms with Gasteiger partial charge < -0.3 is 10.5 Å². The van der Waals surface area contributed by atoms with Crippen LogP contribution < -0.4 is 11.2 Å². The van der Waals surface area contributed by atoms with Gasteiger partial charge in [-0.2, -0.15) is 13.2 Å². The van der Waals surface area contributed by atoms with Gasteiger partial charge in [0.25, 0.3) is 0 Å². The fourth-order valence-corrected chi connectivity index (χ4v) is 3.50. The number of nitrogen functional groups attached to an aromatic ring is 1. The quantitative estimate of drug-likeness (QED) is 0.484. The van der Waals surface area contributed by atoms with Crippen LogP contribution in [0.25, 0.3) is 0 Å². The van der Waals surface area contributed by atoms with Crippen LogP contribution in [0.2, 0.25) is 0 Å². The Hall–Kier alpha value is -1.47. The van der Waals surface area contributed by atoms with Crippen LogP contribution in [0.3, 0.4) is 0 Å². The fourth-order valence-electron chi connectivity index (χ4n) is 3.50. The van der Waals surface area contributed by atoms with Crippen molar-refractivity contribution >= 4 is 11.4 Å². The highest BCUT2D eigenvalue weighted by Crippen LogP contribution is 2.52. The summed E-state index contributed by atoms with van der Waals surface area (Å²) in [4.78, 5) is 5.33. The van der Waals surface area contributed by atoms with Crippen LogP contribution in [0.1, 0.15) is 44.6 Å². The molecule has 0 radical (unpaired) electrons. The lowest BCUT2D eigenvalue weighted by Crippen LogP contribution is -2.27.